The van der Waals surface area contributed by atoms with Gasteiger partial charge in [0.25, 0.3) is 0 Å². The molecule has 7 heteroatoms. The van der Waals surface area contributed by atoms with Crippen molar-refractivity contribution >= 4 is 15.7 Å². The van der Waals surface area contributed by atoms with E-state index in [1.165, 1.54) is 0 Å². The standard InChI is InChI=1S/C23H27NO5S/c1-16-5-6-17(2)21(13-16)30(26,27)23(9-3-4-10-23)22(25)24-15-18-7-8-19-20(14-18)29-12-11-28-19/h5-8,13-14H,3-4,9-12,15H2,1-2H3,(H,24,25). The van der Waals surface area contributed by atoms with Gasteiger partial charge in [0.2, 0.25) is 5.91 Å². The normalized spacial score (nSPS) is 17.5. The van der Waals surface area contributed by atoms with E-state index in [4.69, 9.17) is 9.47 Å². The molecule has 0 saturated heterocycles. The van der Waals surface area contributed by atoms with E-state index >= 15 is 0 Å². The second kappa shape index (κ2) is 7.95. The molecule has 0 unspecified atom stereocenters. The molecule has 160 valence electrons. The average molecular weight is 430 g/mol. The van der Waals surface area contributed by atoms with E-state index in [0.717, 1.165) is 24.0 Å². The lowest BCUT2D eigenvalue weighted by atomic mass is 10.1. The fraction of sp³-hybridized carbons (Fsp3) is 0.435. The molecule has 1 amide bonds. The quantitative estimate of drug-likeness (QED) is 0.787. The van der Waals surface area contributed by atoms with Crippen molar-refractivity contribution in [2.75, 3.05) is 13.2 Å². The van der Waals surface area contributed by atoms with Crippen LogP contribution in [0.2, 0.25) is 0 Å². The molecular formula is C23H27NO5S. The average Bonchev–Trinajstić information content (AvgIpc) is 3.25. The number of amides is 1. The van der Waals surface area contributed by atoms with Gasteiger partial charge in [0.15, 0.2) is 26.1 Å². The Labute approximate surface area is 177 Å². The first-order chi connectivity index (χ1) is 14.3. The predicted octanol–water partition coefficient (Wildman–Crippen LogP) is 3.48. The van der Waals surface area contributed by atoms with Gasteiger partial charge in [-0.2, -0.15) is 0 Å². The molecule has 2 aliphatic rings. The number of nitrogens with one attached hydrogen (secondary N) is 1. The summed E-state index contributed by atoms with van der Waals surface area (Å²) in [7, 11) is -3.83. The molecule has 2 aromatic rings. The minimum Gasteiger partial charge on any atom is -0.486 e. The topological polar surface area (TPSA) is 81.7 Å². The first kappa shape index (κ1) is 20.7. The maximum absolute atomic E-state index is 13.7. The molecule has 2 aromatic carbocycles. The molecule has 0 aromatic heterocycles. The molecule has 0 bridgehead atoms. The zero-order valence-electron chi connectivity index (χ0n) is 17.4. The van der Waals surface area contributed by atoms with Gasteiger partial charge in [-0.15, -0.1) is 0 Å². The minimum atomic E-state index is -3.83. The number of hydrogen-bond acceptors (Lipinski definition) is 5. The fourth-order valence-electron chi connectivity index (χ4n) is 4.31. The van der Waals surface area contributed by atoms with Gasteiger partial charge in [-0.1, -0.05) is 31.0 Å². The summed E-state index contributed by atoms with van der Waals surface area (Å²) < 4.78 is 37.1. The van der Waals surface area contributed by atoms with Gasteiger partial charge in [0, 0.05) is 6.54 Å². The number of ether oxygens (including phenoxy) is 2. The third-order valence-electron chi connectivity index (χ3n) is 6.03. The van der Waals surface area contributed by atoms with Gasteiger partial charge < -0.3 is 14.8 Å². The van der Waals surface area contributed by atoms with Crippen LogP contribution in [0.4, 0.5) is 0 Å². The Balaban J connectivity index is 1.59. The van der Waals surface area contributed by atoms with E-state index < -0.39 is 20.5 Å². The second-order valence-electron chi connectivity index (χ2n) is 8.13. The van der Waals surface area contributed by atoms with E-state index in [-0.39, 0.29) is 11.4 Å². The van der Waals surface area contributed by atoms with Crippen molar-refractivity contribution in [3.63, 3.8) is 0 Å². The van der Waals surface area contributed by atoms with Gasteiger partial charge in [-0.05, 0) is 61.6 Å². The number of carbonyl (C=O) groups is 1. The highest BCUT2D eigenvalue weighted by Crippen LogP contribution is 2.42. The summed E-state index contributed by atoms with van der Waals surface area (Å²) in [5.41, 5.74) is 2.38. The van der Waals surface area contributed by atoms with Crippen LogP contribution < -0.4 is 14.8 Å². The second-order valence-corrected chi connectivity index (χ2v) is 10.4. The Bertz CT molecular complexity index is 1070. The summed E-state index contributed by atoms with van der Waals surface area (Å²) in [5, 5.41) is 2.88. The summed E-state index contributed by atoms with van der Waals surface area (Å²) in [4.78, 5) is 13.6. The van der Waals surface area contributed by atoms with Gasteiger partial charge in [-0.25, -0.2) is 8.42 Å². The van der Waals surface area contributed by atoms with Crippen molar-refractivity contribution in [2.45, 2.75) is 55.7 Å². The summed E-state index contributed by atoms with van der Waals surface area (Å²) in [6.45, 7) is 4.88. The highest BCUT2D eigenvalue weighted by Gasteiger charge is 2.53. The Kier molecular flexibility index (Phi) is 5.49. The third-order valence-corrected chi connectivity index (χ3v) is 8.67. The number of carbonyl (C=O) groups excluding carboxylic acids is 1. The summed E-state index contributed by atoms with van der Waals surface area (Å²) in [6, 6.07) is 10.9. The molecule has 6 nitrogen and oxygen atoms in total. The van der Waals surface area contributed by atoms with E-state index in [1.54, 1.807) is 19.1 Å². The Hall–Kier alpha value is -2.54. The van der Waals surface area contributed by atoms with Gasteiger partial charge in [0.05, 0.1) is 4.90 Å². The molecule has 1 aliphatic carbocycles. The number of rotatable bonds is 5. The van der Waals surface area contributed by atoms with Crippen molar-refractivity contribution in [2.24, 2.45) is 0 Å². The Morgan fingerprint density at radius 3 is 2.43 bits per heavy atom. The van der Waals surface area contributed by atoms with Crippen LogP contribution in [-0.4, -0.2) is 32.3 Å². The molecule has 1 N–H and O–H groups in total. The van der Waals surface area contributed by atoms with Crippen LogP contribution in [0, 0.1) is 13.8 Å². The summed E-state index contributed by atoms with van der Waals surface area (Å²) in [6.07, 6.45) is 2.13. The Morgan fingerprint density at radius 2 is 1.70 bits per heavy atom. The smallest absolute Gasteiger partial charge is 0.242 e. The van der Waals surface area contributed by atoms with Gasteiger partial charge >= 0.3 is 0 Å². The van der Waals surface area contributed by atoms with Gasteiger partial charge in [0.1, 0.15) is 13.2 Å². The SMILES string of the molecule is Cc1ccc(C)c(S(=O)(=O)C2(C(=O)NCc3ccc4c(c3)OCCO4)CCCC2)c1. The maximum atomic E-state index is 13.7. The lowest BCUT2D eigenvalue weighted by Crippen LogP contribution is -2.50. The van der Waals surface area contributed by atoms with Crippen molar-refractivity contribution in [1.29, 1.82) is 0 Å². The number of fused-ring (bicyclic) bond motifs is 1. The van der Waals surface area contributed by atoms with Crippen LogP contribution in [0.15, 0.2) is 41.3 Å². The van der Waals surface area contributed by atoms with Crippen molar-refractivity contribution < 1.29 is 22.7 Å². The van der Waals surface area contributed by atoms with E-state index in [1.807, 2.05) is 31.2 Å². The highest BCUT2D eigenvalue weighted by molar-refractivity contribution is 7.93. The van der Waals surface area contributed by atoms with Crippen LogP contribution >= 0.6 is 0 Å². The molecule has 1 aliphatic heterocycles. The largest absolute Gasteiger partial charge is 0.486 e. The molecule has 1 fully saturated rings. The number of aryl methyl sites for hydroxylation is 2. The van der Waals surface area contributed by atoms with Crippen LogP contribution in [0.5, 0.6) is 11.5 Å². The van der Waals surface area contributed by atoms with E-state index in [0.29, 0.717) is 43.1 Å². The van der Waals surface area contributed by atoms with Crippen molar-refractivity contribution in [1.82, 2.24) is 5.32 Å². The van der Waals surface area contributed by atoms with Crippen LogP contribution in [0.25, 0.3) is 0 Å². The summed E-state index contributed by atoms with van der Waals surface area (Å²) in [5.74, 6) is 0.906. The minimum absolute atomic E-state index is 0.236. The van der Waals surface area contributed by atoms with E-state index in [2.05, 4.69) is 5.32 Å². The number of benzene rings is 2. The zero-order chi connectivity index (χ0) is 21.4. The molecule has 1 heterocycles. The number of sulfone groups is 1. The van der Waals surface area contributed by atoms with Gasteiger partial charge in [-0.3, -0.25) is 4.79 Å². The molecular weight excluding hydrogens is 402 g/mol. The highest BCUT2D eigenvalue weighted by atomic mass is 32.2. The third kappa shape index (κ3) is 3.55. The lowest BCUT2D eigenvalue weighted by molar-refractivity contribution is -0.123. The maximum Gasteiger partial charge on any atom is 0.242 e. The molecule has 0 spiro atoms. The first-order valence-corrected chi connectivity index (χ1v) is 11.8. The van der Waals surface area contributed by atoms with Crippen molar-refractivity contribution in [3.8, 4) is 11.5 Å². The monoisotopic (exact) mass is 429 g/mol. The van der Waals surface area contributed by atoms with Crippen LogP contribution in [0.3, 0.4) is 0 Å². The first-order valence-electron chi connectivity index (χ1n) is 10.3. The molecule has 4 rings (SSSR count). The van der Waals surface area contributed by atoms with Crippen LogP contribution in [0.1, 0.15) is 42.4 Å². The van der Waals surface area contributed by atoms with Crippen LogP contribution in [-0.2, 0) is 21.2 Å². The molecule has 0 radical (unpaired) electrons. The Morgan fingerprint density at radius 1 is 1.00 bits per heavy atom. The number of hydrogen-bond donors (Lipinski definition) is 1. The van der Waals surface area contributed by atoms with Crippen molar-refractivity contribution in [3.05, 3.63) is 53.1 Å². The predicted molar refractivity (Wildman–Crippen MR) is 114 cm³/mol. The zero-order valence-corrected chi connectivity index (χ0v) is 18.2. The fourth-order valence-corrected chi connectivity index (χ4v) is 6.71. The lowest BCUT2D eigenvalue weighted by Gasteiger charge is -2.28. The molecule has 1 saturated carbocycles. The molecule has 30 heavy (non-hydrogen) atoms. The summed E-state index contributed by atoms with van der Waals surface area (Å²) >= 11 is 0. The molecule has 0 atom stereocenters. The van der Waals surface area contributed by atoms with E-state index in [9.17, 15) is 13.2 Å².